The van der Waals surface area contributed by atoms with Gasteiger partial charge in [0.05, 0.1) is 35.2 Å². The van der Waals surface area contributed by atoms with Crippen molar-refractivity contribution in [3.63, 3.8) is 0 Å². The third-order valence-electron chi connectivity index (χ3n) is 4.59. The molecule has 0 radical (unpaired) electrons. The molecule has 0 saturated carbocycles. The Morgan fingerprint density at radius 1 is 1.17 bits per heavy atom. The van der Waals surface area contributed by atoms with E-state index in [1.54, 1.807) is 0 Å². The number of aromatic amines is 1. The number of rotatable bonds is 9. The molecule has 4 N–H and O–H groups in total. The van der Waals surface area contributed by atoms with Gasteiger partial charge in [-0.3, -0.25) is 9.97 Å². The second kappa shape index (κ2) is 9.39. The molecule has 6 nitrogen and oxygen atoms in total. The first-order valence-electron chi connectivity index (χ1n) is 9.96. The van der Waals surface area contributed by atoms with Crippen LogP contribution in [0.3, 0.4) is 0 Å². The lowest BCUT2D eigenvalue weighted by Crippen LogP contribution is -2.32. The maximum atomic E-state index is 5.80. The lowest BCUT2D eigenvalue weighted by Gasteiger charge is -2.24. The summed E-state index contributed by atoms with van der Waals surface area (Å²) >= 11 is 0. The summed E-state index contributed by atoms with van der Waals surface area (Å²) in [6.45, 7) is 12.7. The average molecular weight is 391 g/mol. The van der Waals surface area contributed by atoms with Crippen LogP contribution in [0.15, 0.2) is 49.3 Å². The van der Waals surface area contributed by atoms with Crippen LogP contribution in [0.5, 0.6) is 0 Å². The minimum atomic E-state index is 0.553. The van der Waals surface area contributed by atoms with E-state index in [2.05, 4.69) is 57.7 Å². The summed E-state index contributed by atoms with van der Waals surface area (Å²) in [4.78, 5) is 14.8. The first-order valence-corrected chi connectivity index (χ1v) is 9.96. The average Bonchev–Trinajstić information content (AvgIpc) is 3.19. The molecule has 0 atom stereocenters. The van der Waals surface area contributed by atoms with E-state index in [0.29, 0.717) is 12.5 Å². The highest BCUT2D eigenvalue weighted by Gasteiger charge is 2.13. The molecule has 0 unspecified atom stereocenters. The molecule has 0 bridgehead atoms. The topological polar surface area (TPSA) is 82.9 Å². The van der Waals surface area contributed by atoms with Gasteiger partial charge < -0.3 is 20.9 Å². The predicted molar refractivity (Wildman–Crippen MR) is 122 cm³/mol. The number of nitrogens with one attached hydrogen (secondary N) is 2. The molecule has 3 aromatic heterocycles. The Kier molecular flexibility index (Phi) is 6.67. The van der Waals surface area contributed by atoms with E-state index in [-0.39, 0.29) is 0 Å². The highest BCUT2D eigenvalue weighted by molar-refractivity contribution is 5.74. The minimum Gasteiger partial charge on any atom is -0.357 e. The van der Waals surface area contributed by atoms with Crippen LogP contribution in [0.1, 0.15) is 25.1 Å². The summed E-state index contributed by atoms with van der Waals surface area (Å²) in [7, 11) is 0. The smallest absolute Gasteiger partial charge is 0.106 e. The Morgan fingerprint density at radius 3 is 2.62 bits per heavy atom. The van der Waals surface area contributed by atoms with Gasteiger partial charge in [-0.15, -0.1) is 0 Å². The SMILES string of the molecule is C=Cc1cc(Nc2ccc(C)nc2)cnc1-c1ccc(N(CCN)CC(C)C)[nH]1. The number of hydrogen-bond acceptors (Lipinski definition) is 5. The maximum absolute atomic E-state index is 5.80. The van der Waals surface area contributed by atoms with Gasteiger partial charge in [0.15, 0.2) is 0 Å². The van der Waals surface area contributed by atoms with E-state index in [0.717, 1.165) is 52.9 Å². The molecule has 0 saturated heterocycles. The fourth-order valence-corrected chi connectivity index (χ4v) is 3.25. The van der Waals surface area contributed by atoms with E-state index in [4.69, 9.17) is 5.73 Å². The van der Waals surface area contributed by atoms with Crippen molar-refractivity contribution in [3.8, 4) is 11.4 Å². The summed E-state index contributed by atoms with van der Waals surface area (Å²) < 4.78 is 0. The Balaban J connectivity index is 1.84. The van der Waals surface area contributed by atoms with Gasteiger partial charge >= 0.3 is 0 Å². The van der Waals surface area contributed by atoms with Crippen LogP contribution < -0.4 is 16.0 Å². The second-order valence-corrected chi connectivity index (χ2v) is 7.56. The van der Waals surface area contributed by atoms with E-state index >= 15 is 0 Å². The number of hydrogen-bond donors (Lipinski definition) is 3. The molecule has 0 aromatic carbocycles. The third-order valence-corrected chi connectivity index (χ3v) is 4.59. The number of aromatic nitrogens is 3. The molecule has 0 spiro atoms. The van der Waals surface area contributed by atoms with Gasteiger partial charge in [0, 0.05) is 30.9 Å². The van der Waals surface area contributed by atoms with Crippen molar-refractivity contribution in [3.05, 3.63) is 60.6 Å². The van der Waals surface area contributed by atoms with Gasteiger partial charge in [0.1, 0.15) is 5.82 Å². The van der Waals surface area contributed by atoms with Crippen molar-refractivity contribution in [2.24, 2.45) is 11.7 Å². The van der Waals surface area contributed by atoms with Crippen LogP contribution in [-0.4, -0.2) is 34.6 Å². The largest absolute Gasteiger partial charge is 0.357 e. The van der Waals surface area contributed by atoms with E-state index < -0.39 is 0 Å². The molecule has 6 heteroatoms. The minimum absolute atomic E-state index is 0.553. The van der Waals surface area contributed by atoms with E-state index in [1.165, 1.54) is 0 Å². The molecular weight excluding hydrogens is 360 g/mol. The monoisotopic (exact) mass is 390 g/mol. The zero-order chi connectivity index (χ0) is 20.8. The number of anilines is 3. The molecule has 29 heavy (non-hydrogen) atoms. The number of aryl methyl sites for hydroxylation is 1. The lowest BCUT2D eigenvalue weighted by molar-refractivity contribution is 0.608. The number of nitrogens with two attached hydrogens (primary N) is 1. The van der Waals surface area contributed by atoms with Crippen LogP contribution in [0, 0.1) is 12.8 Å². The maximum Gasteiger partial charge on any atom is 0.106 e. The Bertz CT molecular complexity index is 942. The molecule has 3 rings (SSSR count). The van der Waals surface area contributed by atoms with Crippen LogP contribution >= 0.6 is 0 Å². The van der Waals surface area contributed by atoms with E-state index in [9.17, 15) is 0 Å². The fourth-order valence-electron chi connectivity index (χ4n) is 3.25. The van der Waals surface area contributed by atoms with Crippen LogP contribution in [0.25, 0.3) is 17.5 Å². The number of nitrogens with zero attached hydrogens (tertiary/aromatic N) is 3. The molecule has 3 heterocycles. The van der Waals surface area contributed by atoms with Crippen molar-refractivity contribution in [1.29, 1.82) is 0 Å². The molecular formula is C23H30N6. The summed E-state index contributed by atoms with van der Waals surface area (Å²) in [5.74, 6) is 1.61. The zero-order valence-corrected chi connectivity index (χ0v) is 17.4. The van der Waals surface area contributed by atoms with Crippen LogP contribution in [0.2, 0.25) is 0 Å². The van der Waals surface area contributed by atoms with Crippen molar-refractivity contribution in [2.75, 3.05) is 29.9 Å². The van der Waals surface area contributed by atoms with Gasteiger partial charge in [-0.05, 0) is 43.2 Å². The van der Waals surface area contributed by atoms with Crippen molar-refractivity contribution < 1.29 is 0 Å². The van der Waals surface area contributed by atoms with Crippen molar-refractivity contribution >= 4 is 23.3 Å². The highest BCUT2D eigenvalue weighted by Crippen LogP contribution is 2.28. The zero-order valence-electron chi connectivity index (χ0n) is 17.4. The quantitative estimate of drug-likeness (QED) is 0.498. The summed E-state index contributed by atoms with van der Waals surface area (Å²) in [6, 6.07) is 10.2. The summed E-state index contributed by atoms with van der Waals surface area (Å²) in [6.07, 6.45) is 5.47. The Morgan fingerprint density at radius 2 is 1.97 bits per heavy atom. The molecule has 152 valence electrons. The molecule has 0 aliphatic carbocycles. The molecule has 0 aliphatic rings. The molecule has 0 amide bonds. The number of H-pyrrole nitrogens is 1. The standard InChI is InChI=1S/C23H30N6/c1-5-18-12-20(27-19-7-6-17(4)25-13-19)14-26-23(18)21-8-9-22(28-21)29(11-10-24)15-16(2)3/h5-9,12-14,16,27-28H,1,10-11,15,24H2,2-4H3. The fraction of sp³-hybridized carbons (Fsp3) is 0.304. The highest BCUT2D eigenvalue weighted by atomic mass is 15.2. The predicted octanol–water partition coefficient (Wildman–Crippen LogP) is 4.59. The first kappa shape index (κ1) is 20.6. The van der Waals surface area contributed by atoms with Gasteiger partial charge in [-0.25, -0.2) is 0 Å². The van der Waals surface area contributed by atoms with E-state index in [1.807, 2.05) is 43.6 Å². The van der Waals surface area contributed by atoms with Crippen LogP contribution in [-0.2, 0) is 0 Å². The van der Waals surface area contributed by atoms with Gasteiger partial charge in [-0.2, -0.15) is 0 Å². The normalized spacial score (nSPS) is 10.9. The Hall–Kier alpha value is -3.12. The Labute approximate surface area is 172 Å². The van der Waals surface area contributed by atoms with Crippen LogP contribution in [0.4, 0.5) is 17.2 Å². The number of pyridine rings is 2. The van der Waals surface area contributed by atoms with Crippen molar-refractivity contribution in [1.82, 2.24) is 15.0 Å². The lowest BCUT2D eigenvalue weighted by atomic mass is 10.1. The molecule has 3 aromatic rings. The molecule has 0 aliphatic heterocycles. The summed E-state index contributed by atoms with van der Waals surface area (Å²) in [5, 5.41) is 3.34. The summed E-state index contributed by atoms with van der Waals surface area (Å²) in [5.41, 5.74) is 11.4. The first-order chi connectivity index (χ1) is 14.0. The molecule has 0 fully saturated rings. The third kappa shape index (κ3) is 5.23. The van der Waals surface area contributed by atoms with Gasteiger partial charge in [0.25, 0.3) is 0 Å². The van der Waals surface area contributed by atoms with Gasteiger partial charge in [0.2, 0.25) is 0 Å². The van der Waals surface area contributed by atoms with Crippen molar-refractivity contribution in [2.45, 2.75) is 20.8 Å². The second-order valence-electron chi connectivity index (χ2n) is 7.56. The van der Waals surface area contributed by atoms with Gasteiger partial charge in [-0.1, -0.05) is 26.5 Å².